The number of carbonyl (C=O) groups is 1. The third-order valence-corrected chi connectivity index (χ3v) is 2.91. The second-order valence-corrected chi connectivity index (χ2v) is 4.42. The summed E-state index contributed by atoms with van der Waals surface area (Å²) >= 11 is 0. The van der Waals surface area contributed by atoms with Crippen LogP contribution in [0.5, 0.6) is 0 Å². The van der Waals surface area contributed by atoms with Crippen LogP contribution in [-0.2, 0) is 23.9 Å². The average Bonchev–Trinajstić information content (AvgIpc) is 2.70. The monoisotopic (exact) mass is 300 g/mol. The molecule has 5 nitrogen and oxygen atoms in total. The number of rotatable bonds is 4. The van der Waals surface area contributed by atoms with Gasteiger partial charge in [0.25, 0.3) is 5.56 Å². The number of aliphatic carboxylic acids is 1. The zero-order chi connectivity index (χ0) is 15.6. The van der Waals surface area contributed by atoms with E-state index in [1.54, 1.807) is 0 Å². The van der Waals surface area contributed by atoms with Crippen molar-refractivity contribution in [1.82, 2.24) is 9.78 Å². The molecule has 0 amide bonds. The van der Waals surface area contributed by atoms with Crippen LogP contribution in [0.2, 0.25) is 0 Å². The van der Waals surface area contributed by atoms with Gasteiger partial charge < -0.3 is 10.2 Å². The molecule has 0 aliphatic carbocycles. The Morgan fingerprint density at radius 3 is 2.52 bits per heavy atom. The van der Waals surface area contributed by atoms with E-state index < -0.39 is 29.7 Å². The number of aromatic nitrogens is 2. The fourth-order valence-electron chi connectivity index (χ4n) is 1.96. The highest BCUT2D eigenvalue weighted by Crippen LogP contribution is 2.31. The van der Waals surface area contributed by atoms with Crippen LogP contribution in [-0.4, -0.2) is 20.9 Å². The number of hydrogen-bond donors (Lipinski definition) is 2. The minimum Gasteiger partial charge on any atom is -0.481 e. The molecule has 1 aromatic carbocycles. The SMILES string of the molecule is O=C(O)Cc1c[nH]n(Cc2ccccc2C(F)(F)F)c1=O. The standard InChI is InChI=1S/C13H11F3N2O3/c14-13(15,16)10-4-2-1-3-8(10)7-18-12(21)9(6-17-18)5-11(19)20/h1-4,6,17H,5,7H2,(H,19,20). The van der Waals surface area contributed by atoms with E-state index in [1.807, 2.05) is 0 Å². The molecular weight excluding hydrogens is 289 g/mol. The maximum Gasteiger partial charge on any atom is 0.416 e. The fourth-order valence-corrected chi connectivity index (χ4v) is 1.96. The van der Waals surface area contributed by atoms with Crippen LogP contribution in [0.1, 0.15) is 16.7 Å². The number of benzene rings is 1. The van der Waals surface area contributed by atoms with Crippen molar-refractivity contribution in [2.75, 3.05) is 0 Å². The van der Waals surface area contributed by atoms with Gasteiger partial charge in [0.15, 0.2) is 0 Å². The molecule has 2 rings (SSSR count). The highest BCUT2D eigenvalue weighted by Gasteiger charge is 2.33. The van der Waals surface area contributed by atoms with Gasteiger partial charge in [0.05, 0.1) is 18.5 Å². The molecule has 112 valence electrons. The topological polar surface area (TPSA) is 75.1 Å². The molecule has 1 heterocycles. The Morgan fingerprint density at radius 1 is 1.24 bits per heavy atom. The quantitative estimate of drug-likeness (QED) is 0.905. The minimum atomic E-state index is -4.52. The van der Waals surface area contributed by atoms with E-state index in [-0.39, 0.29) is 17.7 Å². The lowest BCUT2D eigenvalue weighted by molar-refractivity contribution is -0.138. The maximum absolute atomic E-state index is 12.9. The molecule has 0 unspecified atom stereocenters. The first kappa shape index (κ1) is 14.9. The maximum atomic E-state index is 12.9. The normalized spacial score (nSPS) is 11.6. The van der Waals surface area contributed by atoms with Crippen molar-refractivity contribution in [3.63, 3.8) is 0 Å². The summed E-state index contributed by atoms with van der Waals surface area (Å²) in [6.45, 7) is -0.311. The Labute approximate surface area is 116 Å². The average molecular weight is 300 g/mol. The summed E-state index contributed by atoms with van der Waals surface area (Å²) in [5, 5.41) is 11.1. The number of H-pyrrole nitrogens is 1. The number of hydrogen-bond acceptors (Lipinski definition) is 2. The number of alkyl halides is 3. The Balaban J connectivity index is 2.34. The van der Waals surface area contributed by atoms with E-state index in [0.29, 0.717) is 0 Å². The molecule has 2 N–H and O–H groups in total. The number of nitrogens with one attached hydrogen (secondary N) is 1. The third kappa shape index (κ3) is 3.33. The van der Waals surface area contributed by atoms with E-state index in [9.17, 15) is 22.8 Å². The van der Waals surface area contributed by atoms with Gasteiger partial charge in [-0.1, -0.05) is 18.2 Å². The second kappa shape index (κ2) is 5.47. The van der Waals surface area contributed by atoms with Crippen LogP contribution in [0.25, 0.3) is 0 Å². The number of aromatic amines is 1. The predicted molar refractivity (Wildman–Crippen MR) is 66.9 cm³/mol. The molecule has 2 aromatic rings. The molecule has 8 heteroatoms. The van der Waals surface area contributed by atoms with Crippen LogP contribution < -0.4 is 5.56 Å². The van der Waals surface area contributed by atoms with Gasteiger partial charge in [-0.2, -0.15) is 13.2 Å². The lowest BCUT2D eigenvalue weighted by Crippen LogP contribution is -2.22. The van der Waals surface area contributed by atoms with E-state index >= 15 is 0 Å². The van der Waals surface area contributed by atoms with E-state index in [2.05, 4.69) is 5.10 Å². The first-order valence-electron chi connectivity index (χ1n) is 5.93. The van der Waals surface area contributed by atoms with Gasteiger partial charge in [-0.05, 0) is 11.6 Å². The van der Waals surface area contributed by atoms with Gasteiger partial charge in [-0.25, -0.2) is 4.68 Å². The summed E-state index contributed by atoms with van der Waals surface area (Å²) in [5.74, 6) is -1.19. The molecule has 0 bridgehead atoms. The Bertz CT molecular complexity index is 716. The second-order valence-electron chi connectivity index (χ2n) is 4.42. The van der Waals surface area contributed by atoms with Gasteiger partial charge >= 0.3 is 12.1 Å². The van der Waals surface area contributed by atoms with Crippen molar-refractivity contribution in [2.45, 2.75) is 19.1 Å². The number of nitrogens with zero attached hydrogens (tertiary/aromatic N) is 1. The van der Waals surface area contributed by atoms with Crippen LogP contribution in [0.4, 0.5) is 13.2 Å². The van der Waals surface area contributed by atoms with Crippen molar-refractivity contribution in [3.8, 4) is 0 Å². The Kier molecular flexibility index (Phi) is 3.88. The van der Waals surface area contributed by atoms with Crippen molar-refractivity contribution in [3.05, 3.63) is 57.5 Å². The van der Waals surface area contributed by atoms with Gasteiger partial charge in [0.2, 0.25) is 0 Å². The summed E-state index contributed by atoms with van der Waals surface area (Å²) in [6.07, 6.45) is -3.81. The summed E-state index contributed by atoms with van der Waals surface area (Å²) in [4.78, 5) is 22.4. The summed E-state index contributed by atoms with van der Waals surface area (Å²) in [5.41, 5.74) is -1.55. The van der Waals surface area contributed by atoms with E-state index in [1.165, 1.54) is 24.4 Å². The molecule has 0 aliphatic rings. The first-order valence-corrected chi connectivity index (χ1v) is 5.93. The van der Waals surface area contributed by atoms with E-state index in [4.69, 9.17) is 5.11 Å². The van der Waals surface area contributed by atoms with Crippen molar-refractivity contribution in [2.24, 2.45) is 0 Å². The molecular formula is C13H11F3N2O3. The highest BCUT2D eigenvalue weighted by molar-refractivity contribution is 5.69. The Hall–Kier alpha value is -2.51. The molecule has 1 aromatic heterocycles. The zero-order valence-corrected chi connectivity index (χ0v) is 10.6. The molecule has 21 heavy (non-hydrogen) atoms. The molecule has 0 radical (unpaired) electrons. The highest BCUT2D eigenvalue weighted by atomic mass is 19.4. The largest absolute Gasteiger partial charge is 0.481 e. The van der Waals surface area contributed by atoms with Crippen molar-refractivity contribution in [1.29, 1.82) is 0 Å². The van der Waals surface area contributed by atoms with Gasteiger partial charge in [-0.3, -0.25) is 9.59 Å². The fraction of sp³-hybridized carbons (Fsp3) is 0.231. The minimum absolute atomic E-state index is 0.00742. The smallest absolute Gasteiger partial charge is 0.416 e. The zero-order valence-electron chi connectivity index (χ0n) is 10.6. The molecule has 0 atom stereocenters. The van der Waals surface area contributed by atoms with Gasteiger partial charge in [0, 0.05) is 11.8 Å². The Morgan fingerprint density at radius 2 is 1.90 bits per heavy atom. The molecule has 0 spiro atoms. The third-order valence-electron chi connectivity index (χ3n) is 2.91. The lowest BCUT2D eigenvalue weighted by Gasteiger charge is -2.12. The molecule has 0 saturated heterocycles. The van der Waals surface area contributed by atoms with Crippen LogP contribution >= 0.6 is 0 Å². The number of carboxylic acids is 1. The summed E-state index contributed by atoms with van der Waals surface area (Å²) < 4.78 is 39.5. The number of carboxylic acid groups (broad SMARTS) is 1. The first-order chi connectivity index (χ1) is 9.79. The molecule has 0 saturated carbocycles. The predicted octanol–water partition coefficient (Wildman–Crippen LogP) is 1.87. The van der Waals surface area contributed by atoms with Crippen LogP contribution in [0.3, 0.4) is 0 Å². The summed E-state index contributed by atoms with van der Waals surface area (Å²) in [6, 6.07) is 4.91. The van der Waals surface area contributed by atoms with E-state index in [0.717, 1.165) is 10.7 Å². The summed E-state index contributed by atoms with van der Waals surface area (Å²) in [7, 11) is 0. The van der Waals surface area contributed by atoms with Crippen LogP contribution in [0, 0.1) is 0 Å². The van der Waals surface area contributed by atoms with Gasteiger partial charge in [0.1, 0.15) is 0 Å². The van der Waals surface area contributed by atoms with Gasteiger partial charge in [-0.15, -0.1) is 0 Å². The molecule has 0 fully saturated rings. The lowest BCUT2D eigenvalue weighted by atomic mass is 10.1. The number of halogens is 3. The molecule has 0 aliphatic heterocycles. The van der Waals surface area contributed by atoms with Crippen LogP contribution in [0.15, 0.2) is 35.3 Å². The van der Waals surface area contributed by atoms with Crippen molar-refractivity contribution >= 4 is 5.97 Å². The van der Waals surface area contributed by atoms with Crippen molar-refractivity contribution < 1.29 is 23.1 Å².